The Bertz CT molecular complexity index is 308. The van der Waals surface area contributed by atoms with Crippen LogP contribution in [0.3, 0.4) is 0 Å². The molecule has 1 heterocycles. The van der Waals surface area contributed by atoms with Crippen LogP contribution in [0.25, 0.3) is 0 Å². The van der Waals surface area contributed by atoms with E-state index in [2.05, 4.69) is 16.3 Å². The Balaban J connectivity index is 2.83. The molecule has 0 bridgehead atoms. The lowest BCUT2D eigenvalue weighted by molar-refractivity contribution is 0.734. The van der Waals surface area contributed by atoms with Crippen molar-refractivity contribution < 1.29 is 0 Å². The third-order valence-corrected chi connectivity index (χ3v) is 2.82. The Hall–Kier alpha value is -0.840. The van der Waals surface area contributed by atoms with Crippen LogP contribution in [0.4, 0.5) is 11.5 Å². The summed E-state index contributed by atoms with van der Waals surface area (Å²) in [6, 6.07) is 0. The molecule has 0 fully saturated rings. The third-order valence-electron chi connectivity index (χ3n) is 2.23. The van der Waals surface area contributed by atoms with Crippen LogP contribution in [-0.4, -0.2) is 35.4 Å². The van der Waals surface area contributed by atoms with Gasteiger partial charge in [0.25, 0.3) is 0 Å². The van der Waals surface area contributed by atoms with Gasteiger partial charge < -0.3 is 10.6 Å². The molecule has 0 aliphatic rings. The van der Waals surface area contributed by atoms with E-state index in [9.17, 15) is 0 Å². The lowest BCUT2D eigenvalue weighted by Gasteiger charge is -2.19. The summed E-state index contributed by atoms with van der Waals surface area (Å²) in [7, 11) is 3.97. The average Bonchev–Trinajstić information content (AvgIpc) is 2.38. The molecule has 0 saturated carbocycles. The first-order valence-corrected chi connectivity index (χ1v) is 5.96. The first-order chi connectivity index (χ1) is 6.57. The summed E-state index contributed by atoms with van der Waals surface area (Å²) >= 11 is 1.83. The van der Waals surface area contributed by atoms with Crippen LogP contribution in [0.1, 0.15) is 5.69 Å². The van der Waals surface area contributed by atoms with Gasteiger partial charge in [-0.05, 0) is 13.2 Å². The number of rotatable bonds is 4. The molecule has 0 saturated heterocycles. The standard InChI is InChI=1S/C9H18N4S/c1-7-8(10)9(13(3)11-7)12(2)5-6-14-4/h5-6,10H2,1-4H3. The molecule has 0 unspecified atom stereocenters. The van der Waals surface area contributed by atoms with Gasteiger partial charge in [0.05, 0.1) is 11.4 Å². The Morgan fingerprint density at radius 3 is 2.64 bits per heavy atom. The number of hydrogen-bond acceptors (Lipinski definition) is 4. The van der Waals surface area contributed by atoms with Crippen LogP contribution in [0.2, 0.25) is 0 Å². The second-order valence-electron chi connectivity index (χ2n) is 3.36. The molecule has 1 aromatic rings. The fourth-order valence-corrected chi connectivity index (χ4v) is 1.91. The summed E-state index contributed by atoms with van der Waals surface area (Å²) in [5, 5.41) is 4.28. The minimum atomic E-state index is 0.788. The van der Waals surface area contributed by atoms with Crippen LogP contribution < -0.4 is 10.6 Å². The van der Waals surface area contributed by atoms with E-state index in [0.717, 1.165) is 29.5 Å². The van der Waals surface area contributed by atoms with E-state index < -0.39 is 0 Å². The van der Waals surface area contributed by atoms with Gasteiger partial charge in [0.1, 0.15) is 5.82 Å². The first kappa shape index (κ1) is 11.2. The van der Waals surface area contributed by atoms with Gasteiger partial charge in [-0.15, -0.1) is 0 Å². The number of thioether (sulfide) groups is 1. The Labute approximate surface area is 89.5 Å². The molecule has 0 radical (unpaired) electrons. The van der Waals surface area contributed by atoms with E-state index in [1.165, 1.54) is 0 Å². The predicted octanol–water partition coefficient (Wildman–Crippen LogP) is 1.11. The lowest BCUT2D eigenvalue weighted by Crippen LogP contribution is -2.23. The van der Waals surface area contributed by atoms with E-state index in [-0.39, 0.29) is 0 Å². The molecule has 1 rings (SSSR count). The zero-order valence-electron chi connectivity index (χ0n) is 9.24. The van der Waals surface area contributed by atoms with Crippen LogP contribution in [0.15, 0.2) is 0 Å². The van der Waals surface area contributed by atoms with Gasteiger partial charge in [-0.3, -0.25) is 4.68 Å². The Morgan fingerprint density at radius 2 is 2.21 bits per heavy atom. The number of anilines is 2. The van der Waals surface area contributed by atoms with Crippen LogP contribution in [-0.2, 0) is 7.05 Å². The van der Waals surface area contributed by atoms with Crippen molar-refractivity contribution in [3.05, 3.63) is 5.69 Å². The van der Waals surface area contributed by atoms with Crippen molar-refractivity contribution in [2.45, 2.75) is 6.92 Å². The topological polar surface area (TPSA) is 47.1 Å². The molecule has 0 atom stereocenters. The molecule has 4 nitrogen and oxygen atoms in total. The fraction of sp³-hybridized carbons (Fsp3) is 0.667. The molecule has 2 N–H and O–H groups in total. The molecule has 1 aromatic heterocycles. The van der Waals surface area contributed by atoms with E-state index in [1.807, 2.05) is 37.5 Å². The molecule has 0 aliphatic heterocycles. The van der Waals surface area contributed by atoms with Crippen molar-refractivity contribution >= 4 is 23.3 Å². The molecule has 0 aliphatic carbocycles. The first-order valence-electron chi connectivity index (χ1n) is 4.57. The van der Waals surface area contributed by atoms with E-state index in [1.54, 1.807) is 0 Å². The molecule has 5 heteroatoms. The van der Waals surface area contributed by atoms with Crippen molar-refractivity contribution in [3.63, 3.8) is 0 Å². The number of hydrogen-bond donors (Lipinski definition) is 1. The molecule has 0 aromatic carbocycles. The van der Waals surface area contributed by atoms with Gasteiger partial charge in [-0.1, -0.05) is 0 Å². The minimum absolute atomic E-state index is 0.788. The van der Waals surface area contributed by atoms with Crippen molar-refractivity contribution in [3.8, 4) is 0 Å². The summed E-state index contributed by atoms with van der Waals surface area (Å²) in [5.41, 5.74) is 7.63. The minimum Gasteiger partial charge on any atom is -0.394 e. The number of nitrogen functional groups attached to an aromatic ring is 1. The van der Waals surface area contributed by atoms with Crippen LogP contribution >= 0.6 is 11.8 Å². The fourth-order valence-electron chi connectivity index (χ4n) is 1.45. The van der Waals surface area contributed by atoms with Crippen molar-refractivity contribution in [2.24, 2.45) is 7.05 Å². The molecule has 0 amide bonds. The zero-order valence-corrected chi connectivity index (χ0v) is 10.1. The smallest absolute Gasteiger partial charge is 0.150 e. The summed E-state index contributed by atoms with van der Waals surface area (Å²) in [5.74, 6) is 2.11. The molecule has 14 heavy (non-hydrogen) atoms. The highest BCUT2D eigenvalue weighted by Crippen LogP contribution is 2.24. The summed E-state index contributed by atoms with van der Waals surface area (Å²) in [4.78, 5) is 2.14. The average molecular weight is 214 g/mol. The maximum absolute atomic E-state index is 5.94. The Morgan fingerprint density at radius 1 is 1.57 bits per heavy atom. The quantitative estimate of drug-likeness (QED) is 0.815. The van der Waals surface area contributed by atoms with Gasteiger partial charge in [0.2, 0.25) is 0 Å². The molecular weight excluding hydrogens is 196 g/mol. The maximum atomic E-state index is 5.94. The van der Waals surface area contributed by atoms with Gasteiger partial charge in [0, 0.05) is 26.4 Å². The second kappa shape index (κ2) is 4.59. The number of aromatic nitrogens is 2. The molecule has 0 spiro atoms. The highest BCUT2D eigenvalue weighted by Gasteiger charge is 2.13. The highest BCUT2D eigenvalue weighted by atomic mass is 32.2. The summed E-state index contributed by atoms with van der Waals surface area (Å²) in [6.45, 7) is 2.92. The van der Waals surface area contributed by atoms with E-state index in [0.29, 0.717) is 0 Å². The molecular formula is C9H18N4S. The second-order valence-corrected chi connectivity index (χ2v) is 4.35. The number of nitrogens with two attached hydrogens (primary N) is 1. The normalized spacial score (nSPS) is 10.6. The molecule has 80 valence electrons. The van der Waals surface area contributed by atoms with Crippen molar-refractivity contribution in [1.82, 2.24) is 9.78 Å². The maximum Gasteiger partial charge on any atom is 0.150 e. The van der Waals surface area contributed by atoms with Crippen molar-refractivity contribution in [2.75, 3.05) is 36.2 Å². The summed E-state index contributed by atoms with van der Waals surface area (Å²) < 4.78 is 1.84. The van der Waals surface area contributed by atoms with E-state index in [4.69, 9.17) is 5.73 Å². The van der Waals surface area contributed by atoms with Gasteiger partial charge in [-0.2, -0.15) is 16.9 Å². The van der Waals surface area contributed by atoms with Gasteiger partial charge in [0.15, 0.2) is 0 Å². The van der Waals surface area contributed by atoms with Crippen molar-refractivity contribution in [1.29, 1.82) is 0 Å². The zero-order chi connectivity index (χ0) is 10.7. The predicted molar refractivity (Wildman–Crippen MR) is 64.0 cm³/mol. The van der Waals surface area contributed by atoms with Crippen LogP contribution in [0.5, 0.6) is 0 Å². The van der Waals surface area contributed by atoms with Gasteiger partial charge >= 0.3 is 0 Å². The third kappa shape index (κ3) is 2.15. The Kier molecular flexibility index (Phi) is 3.69. The van der Waals surface area contributed by atoms with Gasteiger partial charge in [-0.25, -0.2) is 0 Å². The highest BCUT2D eigenvalue weighted by molar-refractivity contribution is 7.98. The largest absolute Gasteiger partial charge is 0.394 e. The number of aryl methyl sites for hydroxylation is 2. The summed E-state index contributed by atoms with van der Waals surface area (Å²) in [6.07, 6.45) is 2.10. The van der Waals surface area contributed by atoms with Crippen LogP contribution in [0, 0.1) is 6.92 Å². The monoisotopic (exact) mass is 214 g/mol. The SMILES string of the molecule is CSCCN(C)c1c(N)c(C)nn1C. The van der Waals surface area contributed by atoms with E-state index >= 15 is 0 Å². The lowest BCUT2D eigenvalue weighted by atomic mass is 10.3. The number of nitrogens with zero attached hydrogens (tertiary/aromatic N) is 3.